The first-order valence-corrected chi connectivity index (χ1v) is 21.3. The summed E-state index contributed by atoms with van der Waals surface area (Å²) in [6.07, 6.45) is 0. The van der Waals surface area contributed by atoms with Gasteiger partial charge in [-0.2, -0.15) is 0 Å². The first-order valence-electron chi connectivity index (χ1n) is 21.3. The Hall–Kier alpha value is -7.36. The smallest absolute Gasteiger partial charge is 0.159 e. The fraction of sp³-hybridized carbons (Fsp3) is 0.103. The molecular formula is C58H41NO2. The van der Waals surface area contributed by atoms with E-state index in [4.69, 9.17) is 8.83 Å². The van der Waals surface area contributed by atoms with Crippen LogP contribution in [0.4, 0.5) is 17.1 Å². The van der Waals surface area contributed by atoms with Gasteiger partial charge in [-0.15, -0.1) is 0 Å². The van der Waals surface area contributed by atoms with E-state index in [0.29, 0.717) is 0 Å². The maximum absolute atomic E-state index is 7.18. The van der Waals surface area contributed by atoms with Crippen LogP contribution in [-0.2, 0) is 10.8 Å². The van der Waals surface area contributed by atoms with Crippen molar-refractivity contribution in [3.63, 3.8) is 0 Å². The lowest BCUT2D eigenvalue weighted by Crippen LogP contribution is -2.16. The van der Waals surface area contributed by atoms with Crippen molar-refractivity contribution in [3.8, 4) is 33.4 Å². The molecule has 0 radical (unpaired) electrons. The molecule has 11 aromatic rings. The van der Waals surface area contributed by atoms with Crippen molar-refractivity contribution < 1.29 is 8.83 Å². The minimum Gasteiger partial charge on any atom is -0.455 e. The van der Waals surface area contributed by atoms with Crippen molar-refractivity contribution >= 4 is 71.7 Å². The van der Waals surface area contributed by atoms with Gasteiger partial charge in [0.25, 0.3) is 0 Å². The molecule has 13 rings (SSSR count). The van der Waals surface area contributed by atoms with Crippen molar-refractivity contribution in [2.45, 2.75) is 38.5 Å². The van der Waals surface area contributed by atoms with Crippen LogP contribution in [0.15, 0.2) is 185 Å². The second-order valence-electron chi connectivity index (χ2n) is 18.0. The Kier molecular flexibility index (Phi) is 6.85. The SMILES string of the molecule is CC1(C)c2ccccc2-c2ccc(-c3c4ccccc4cc4c3oc3cccc(N(c5ccc6c(c5)C(C)(C)c5ccccc5-6)c5cccc6c5oc5ccccc56)c34)cc21. The van der Waals surface area contributed by atoms with Crippen LogP contribution in [0.25, 0.3) is 88.0 Å². The van der Waals surface area contributed by atoms with Crippen molar-refractivity contribution in [1.29, 1.82) is 0 Å². The van der Waals surface area contributed by atoms with Gasteiger partial charge in [-0.3, -0.25) is 0 Å². The van der Waals surface area contributed by atoms with E-state index in [1.807, 2.05) is 6.07 Å². The molecule has 0 fully saturated rings. The number of benzene rings is 9. The van der Waals surface area contributed by atoms with E-state index in [-0.39, 0.29) is 10.8 Å². The quantitative estimate of drug-likeness (QED) is 0.178. The molecule has 0 bridgehead atoms. The Labute approximate surface area is 354 Å². The molecule has 0 saturated carbocycles. The summed E-state index contributed by atoms with van der Waals surface area (Å²) in [4.78, 5) is 2.41. The van der Waals surface area contributed by atoms with Gasteiger partial charge in [-0.25, -0.2) is 0 Å². The van der Waals surface area contributed by atoms with Gasteiger partial charge in [0, 0.05) is 38.2 Å². The van der Waals surface area contributed by atoms with E-state index in [1.165, 1.54) is 55.3 Å². The number of furan rings is 2. The molecule has 0 aliphatic heterocycles. The summed E-state index contributed by atoms with van der Waals surface area (Å²) in [5.74, 6) is 0. The molecule has 2 heterocycles. The monoisotopic (exact) mass is 783 g/mol. The third-order valence-corrected chi connectivity index (χ3v) is 14.0. The topological polar surface area (TPSA) is 29.5 Å². The van der Waals surface area contributed by atoms with Crippen LogP contribution in [0.3, 0.4) is 0 Å². The molecule has 0 unspecified atom stereocenters. The largest absolute Gasteiger partial charge is 0.455 e. The maximum Gasteiger partial charge on any atom is 0.159 e. The van der Waals surface area contributed by atoms with Crippen LogP contribution in [0, 0.1) is 0 Å². The molecule has 0 N–H and O–H groups in total. The predicted molar refractivity (Wildman–Crippen MR) is 254 cm³/mol. The van der Waals surface area contributed by atoms with Crippen LogP contribution in [-0.4, -0.2) is 0 Å². The summed E-state index contributed by atoms with van der Waals surface area (Å²) >= 11 is 0. The van der Waals surface area contributed by atoms with Gasteiger partial charge >= 0.3 is 0 Å². The van der Waals surface area contributed by atoms with Crippen molar-refractivity contribution in [1.82, 2.24) is 0 Å². The number of anilines is 3. The average Bonchev–Trinajstić information content (AvgIpc) is 3.99. The number of nitrogens with zero attached hydrogens (tertiary/aromatic N) is 1. The Balaban J connectivity index is 1.10. The highest BCUT2D eigenvalue weighted by Gasteiger charge is 2.37. The zero-order chi connectivity index (χ0) is 40.8. The number of rotatable bonds is 4. The van der Waals surface area contributed by atoms with E-state index < -0.39 is 0 Å². The average molecular weight is 784 g/mol. The second-order valence-corrected chi connectivity index (χ2v) is 18.0. The van der Waals surface area contributed by atoms with E-state index >= 15 is 0 Å². The molecule has 0 spiro atoms. The molecule has 2 aliphatic rings. The molecule has 3 nitrogen and oxygen atoms in total. The van der Waals surface area contributed by atoms with Crippen LogP contribution >= 0.6 is 0 Å². The van der Waals surface area contributed by atoms with Gasteiger partial charge in [-0.1, -0.05) is 155 Å². The van der Waals surface area contributed by atoms with Crippen LogP contribution in [0.1, 0.15) is 49.9 Å². The van der Waals surface area contributed by atoms with Crippen LogP contribution < -0.4 is 4.90 Å². The lowest BCUT2D eigenvalue weighted by molar-refractivity contribution is 0.660. The third kappa shape index (κ3) is 4.64. The van der Waals surface area contributed by atoms with Gasteiger partial charge in [0.05, 0.1) is 16.8 Å². The molecule has 9 aromatic carbocycles. The number of hydrogen-bond acceptors (Lipinski definition) is 3. The second kappa shape index (κ2) is 12.1. The number of para-hydroxylation sites is 2. The Bertz CT molecular complexity index is 3670. The van der Waals surface area contributed by atoms with Gasteiger partial charge in [0.2, 0.25) is 0 Å². The standard InChI is InChI=1S/C58H41NO2/c1-57(2)45-21-10-7-17-38(45)40-29-27-35(32-47(40)57)53-37-16-6-5-15-34(37)31-44-54-49(23-14-26-52(54)61-56(44)53)59(50-24-13-20-43-42-19-9-12-25-51(42)60-55(43)50)36-28-30-41-39-18-8-11-22-46(39)58(3,4)48(41)33-36/h5-33H,1-4H3. The molecule has 2 aliphatic carbocycles. The molecule has 3 heteroatoms. The summed E-state index contributed by atoms with van der Waals surface area (Å²) in [7, 11) is 0. The zero-order valence-electron chi connectivity index (χ0n) is 34.5. The lowest BCUT2D eigenvalue weighted by atomic mass is 9.81. The van der Waals surface area contributed by atoms with Crippen LogP contribution in [0.2, 0.25) is 0 Å². The van der Waals surface area contributed by atoms with Gasteiger partial charge in [0.15, 0.2) is 5.58 Å². The number of hydrogen-bond donors (Lipinski definition) is 0. The lowest BCUT2D eigenvalue weighted by Gasteiger charge is -2.28. The molecule has 61 heavy (non-hydrogen) atoms. The predicted octanol–water partition coefficient (Wildman–Crippen LogP) is 16.4. The summed E-state index contributed by atoms with van der Waals surface area (Å²) in [6, 6.07) is 64.2. The first kappa shape index (κ1) is 34.5. The van der Waals surface area contributed by atoms with E-state index in [1.54, 1.807) is 0 Å². The zero-order valence-corrected chi connectivity index (χ0v) is 34.5. The summed E-state index contributed by atoms with van der Waals surface area (Å²) in [6.45, 7) is 9.40. The highest BCUT2D eigenvalue weighted by molar-refractivity contribution is 6.22. The third-order valence-electron chi connectivity index (χ3n) is 14.0. The molecular weight excluding hydrogens is 743 g/mol. The molecule has 0 saturated heterocycles. The highest BCUT2D eigenvalue weighted by Crippen LogP contribution is 2.54. The van der Waals surface area contributed by atoms with E-state index in [2.05, 4.69) is 202 Å². The van der Waals surface area contributed by atoms with Gasteiger partial charge in [0.1, 0.15) is 16.7 Å². The van der Waals surface area contributed by atoms with Crippen LogP contribution in [0.5, 0.6) is 0 Å². The molecule has 290 valence electrons. The molecule has 0 amide bonds. The number of fused-ring (bicyclic) bond motifs is 13. The van der Waals surface area contributed by atoms with Crippen molar-refractivity contribution in [2.75, 3.05) is 4.90 Å². The van der Waals surface area contributed by atoms with Crippen molar-refractivity contribution in [3.05, 3.63) is 198 Å². The minimum absolute atomic E-state index is 0.128. The summed E-state index contributed by atoms with van der Waals surface area (Å²) in [5, 5.41) is 6.69. The normalized spacial score (nSPS) is 14.5. The Morgan fingerprint density at radius 3 is 1.75 bits per heavy atom. The Morgan fingerprint density at radius 2 is 0.967 bits per heavy atom. The fourth-order valence-corrected chi connectivity index (χ4v) is 11.1. The van der Waals surface area contributed by atoms with Crippen molar-refractivity contribution in [2.24, 2.45) is 0 Å². The summed E-state index contributed by atoms with van der Waals surface area (Å²) < 4.78 is 14.0. The highest BCUT2D eigenvalue weighted by atomic mass is 16.3. The van der Waals surface area contributed by atoms with Gasteiger partial charge < -0.3 is 13.7 Å². The van der Waals surface area contributed by atoms with E-state index in [0.717, 1.165) is 72.1 Å². The fourth-order valence-electron chi connectivity index (χ4n) is 11.1. The summed E-state index contributed by atoms with van der Waals surface area (Å²) in [5.41, 5.74) is 19.1. The molecule has 2 aromatic heterocycles. The minimum atomic E-state index is -0.174. The maximum atomic E-state index is 7.18. The Morgan fingerprint density at radius 1 is 0.393 bits per heavy atom. The van der Waals surface area contributed by atoms with E-state index in [9.17, 15) is 0 Å². The van der Waals surface area contributed by atoms with Gasteiger partial charge in [-0.05, 0) is 109 Å². The first-order chi connectivity index (χ1) is 29.8. The molecule has 0 atom stereocenters.